The SMILES string of the molecule is c1cc(-c2ccnc3[nH]ccc23)cc(C2OCCO2)c1. The summed E-state index contributed by atoms with van der Waals surface area (Å²) in [5.41, 5.74) is 4.27. The fourth-order valence-electron chi connectivity index (χ4n) is 2.62. The maximum absolute atomic E-state index is 5.56. The van der Waals surface area contributed by atoms with E-state index in [0.29, 0.717) is 13.2 Å². The third-order valence-corrected chi connectivity index (χ3v) is 3.55. The second kappa shape index (κ2) is 4.74. The van der Waals surface area contributed by atoms with Gasteiger partial charge < -0.3 is 14.5 Å². The highest BCUT2D eigenvalue weighted by Gasteiger charge is 2.18. The lowest BCUT2D eigenvalue weighted by Crippen LogP contribution is -1.97. The van der Waals surface area contributed by atoms with Crippen LogP contribution in [0.3, 0.4) is 0 Å². The van der Waals surface area contributed by atoms with E-state index in [0.717, 1.165) is 27.7 Å². The Morgan fingerprint density at radius 2 is 2.00 bits per heavy atom. The molecule has 1 aromatic carbocycles. The van der Waals surface area contributed by atoms with E-state index in [-0.39, 0.29) is 6.29 Å². The molecule has 1 aliphatic rings. The number of hydrogen-bond acceptors (Lipinski definition) is 3. The molecule has 2 aromatic heterocycles. The number of benzene rings is 1. The number of rotatable bonds is 2. The van der Waals surface area contributed by atoms with Gasteiger partial charge in [-0.25, -0.2) is 4.98 Å². The Kier molecular flexibility index (Phi) is 2.76. The van der Waals surface area contributed by atoms with Crippen molar-refractivity contribution in [3.05, 3.63) is 54.4 Å². The van der Waals surface area contributed by atoms with Crippen molar-refractivity contribution < 1.29 is 9.47 Å². The minimum absolute atomic E-state index is 0.237. The number of hydrogen-bond donors (Lipinski definition) is 1. The van der Waals surface area contributed by atoms with Crippen molar-refractivity contribution in [3.8, 4) is 11.1 Å². The van der Waals surface area contributed by atoms with E-state index < -0.39 is 0 Å². The maximum atomic E-state index is 5.56. The number of aromatic nitrogens is 2. The van der Waals surface area contributed by atoms with E-state index in [9.17, 15) is 0 Å². The van der Waals surface area contributed by atoms with Crippen LogP contribution in [0.5, 0.6) is 0 Å². The van der Waals surface area contributed by atoms with Gasteiger partial charge in [0, 0.05) is 23.3 Å². The first-order chi connectivity index (χ1) is 9.92. The molecule has 0 saturated carbocycles. The molecule has 0 amide bonds. The number of nitrogens with zero attached hydrogens (tertiary/aromatic N) is 1. The minimum Gasteiger partial charge on any atom is -0.346 e. The molecule has 0 bridgehead atoms. The van der Waals surface area contributed by atoms with Crippen LogP contribution in [0.4, 0.5) is 0 Å². The number of pyridine rings is 1. The topological polar surface area (TPSA) is 47.1 Å². The quantitative estimate of drug-likeness (QED) is 0.774. The molecule has 4 heteroatoms. The Hall–Kier alpha value is -2.17. The van der Waals surface area contributed by atoms with Crippen LogP contribution in [0.2, 0.25) is 0 Å². The molecule has 4 nitrogen and oxygen atoms in total. The highest BCUT2D eigenvalue weighted by Crippen LogP contribution is 2.30. The fourth-order valence-corrected chi connectivity index (χ4v) is 2.62. The van der Waals surface area contributed by atoms with Crippen molar-refractivity contribution >= 4 is 11.0 Å². The molecule has 3 aromatic rings. The van der Waals surface area contributed by atoms with E-state index in [1.165, 1.54) is 0 Å². The Labute approximate surface area is 116 Å². The third kappa shape index (κ3) is 1.90. The smallest absolute Gasteiger partial charge is 0.184 e. The maximum Gasteiger partial charge on any atom is 0.184 e. The molecule has 1 aliphatic heterocycles. The molecule has 1 saturated heterocycles. The number of H-pyrrole nitrogens is 1. The molecule has 1 N–H and O–H groups in total. The second-order valence-corrected chi connectivity index (χ2v) is 4.80. The van der Waals surface area contributed by atoms with Crippen molar-refractivity contribution in [3.63, 3.8) is 0 Å². The summed E-state index contributed by atoms with van der Waals surface area (Å²) in [6.07, 6.45) is 3.50. The van der Waals surface area contributed by atoms with Gasteiger partial charge in [0.2, 0.25) is 0 Å². The first-order valence-electron chi connectivity index (χ1n) is 6.67. The highest BCUT2D eigenvalue weighted by atomic mass is 16.7. The van der Waals surface area contributed by atoms with E-state index >= 15 is 0 Å². The lowest BCUT2D eigenvalue weighted by Gasteiger charge is -2.11. The summed E-state index contributed by atoms with van der Waals surface area (Å²) in [7, 11) is 0. The second-order valence-electron chi connectivity index (χ2n) is 4.80. The zero-order valence-electron chi connectivity index (χ0n) is 10.9. The van der Waals surface area contributed by atoms with E-state index in [2.05, 4.69) is 22.1 Å². The molecule has 0 spiro atoms. The number of ether oxygens (including phenoxy) is 2. The van der Waals surface area contributed by atoms with Gasteiger partial charge in [0.05, 0.1) is 13.2 Å². The molecule has 100 valence electrons. The Bertz CT molecular complexity index is 745. The largest absolute Gasteiger partial charge is 0.346 e. The third-order valence-electron chi connectivity index (χ3n) is 3.55. The van der Waals surface area contributed by atoms with Crippen molar-refractivity contribution in [2.75, 3.05) is 13.2 Å². The summed E-state index contributed by atoms with van der Waals surface area (Å²) in [6, 6.07) is 12.4. The average Bonchev–Trinajstić information content (AvgIpc) is 3.18. The van der Waals surface area contributed by atoms with Crippen LogP contribution in [-0.2, 0) is 9.47 Å². The van der Waals surface area contributed by atoms with E-state index in [1.807, 2.05) is 36.7 Å². The van der Waals surface area contributed by atoms with Crippen molar-refractivity contribution in [1.82, 2.24) is 9.97 Å². The van der Waals surface area contributed by atoms with E-state index in [4.69, 9.17) is 9.47 Å². The number of nitrogens with one attached hydrogen (secondary N) is 1. The van der Waals surface area contributed by atoms with Gasteiger partial charge in [0.25, 0.3) is 0 Å². The molecule has 1 fully saturated rings. The molecule has 20 heavy (non-hydrogen) atoms. The predicted molar refractivity (Wildman–Crippen MR) is 76.2 cm³/mol. The molecular formula is C16H14N2O2. The first-order valence-corrected chi connectivity index (χ1v) is 6.67. The Morgan fingerprint density at radius 1 is 1.10 bits per heavy atom. The molecule has 0 unspecified atom stereocenters. The first kappa shape index (κ1) is 11.6. The van der Waals surface area contributed by atoms with Crippen LogP contribution in [-0.4, -0.2) is 23.2 Å². The summed E-state index contributed by atoms with van der Waals surface area (Å²) in [5, 5.41) is 1.12. The number of fused-ring (bicyclic) bond motifs is 1. The van der Waals surface area contributed by atoms with Gasteiger partial charge >= 0.3 is 0 Å². The van der Waals surface area contributed by atoms with Gasteiger partial charge in [-0.1, -0.05) is 18.2 Å². The van der Waals surface area contributed by atoms with Gasteiger partial charge in [0.15, 0.2) is 6.29 Å². The molecule has 3 heterocycles. The van der Waals surface area contributed by atoms with Crippen molar-refractivity contribution in [1.29, 1.82) is 0 Å². The van der Waals surface area contributed by atoms with Gasteiger partial charge in [-0.05, 0) is 29.3 Å². The normalized spacial score (nSPS) is 16.0. The minimum atomic E-state index is -0.237. The van der Waals surface area contributed by atoms with Gasteiger partial charge in [-0.2, -0.15) is 0 Å². The molecular weight excluding hydrogens is 252 g/mol. The van der Waals surface area contributed by atoms with Gasteiger partial charge in [-0.15, -0.1) is 0 Å². The van der Waals surface area contributed by atoms with Crippen LogP contribution in [0.25, 0.3) is 22.2 Å². The summed E-state index contributed by atoms with van der Waals surface area (Å²) in [4.78, 5) is 7.46. The zero-order chi connectivity index (χ0) is 13.4. The molecule has 0 atom stereocenters. The molecule has 4 rings (SSSR count). The highest BCUT2D eigenvalue weighted by molar-refractivity contribution is 5.92. The molecule has 0 radical (unpaired) electrons. The fraction of sp³-hybridized carbons (Fsp3) is 0.188. The average molecular weight is 266 g/mol. The van der Waals surface area contributed by atoms with Gasteiger partial charge in [-0.3, -0.25) is 0 Å². The van der Waals surface area contributed by atoms with Crippen molar-refractivity contribution in [2.45, 2.75) is 6.29 Å². The Balaban J connectivity index is 1.81. The summed E-state index contributed by atoms with van der Waals surface area (Å²) in [5.74, 6) is 0. The predicted octanol–water partition coefficient (Wildman–Crippen LogP) is 3.28. The monoisotopic (exact) mass is 266 g/mol. The van der Waals surface area contributed by atoms with Crippen LogP contribution >= 0.6 is 0 Å². The lowest BCUT2D eigenvalue weighted by molar-refractivity contribution is -0.0440. The number of aromatic amines is 1. The van der Waals surface area contributed by atoms with Crippen LogP contribution in [0, 0.1) is 0 Å². The van der Waals surface area contributed by atoms with E-state index in [1.54, 1.807) is 0 Å². The van der Waals surface area contributed by atoms with Crippen LogP contribution < -0.4 is 0 Å². The summed E-state index contributed by atoms with van der Waals surface area (Å²) >= 11 is 0. The lowest BCUT2D eigenvalue weighted by atomic mass is 10.0. The van der Waals surface area contributed by atoms with Crippen LogP contribution in [0.15, 0.2) is 48.8 Å². The molecule has 0 aliphatic carbocycles. The summed E-state index contributed by atoms with van der Waals surface area (Å²) < 4.78 is 11.1. The van der Waals surface area contributed by atoms with Crippen LogP contribution in [0.1, 0.15) is 11.9 Å². The zero-order valence-corrected chi connectivity index (χ0v) is 10.9. The standard InChI is InChI=1S/C16H14N2O2/c1-2-11(10-12(3-1)16-19-8-9-20-16)13-4-6-17-15-14(13)5-7-18-15/h1-7,10,16H,8-9H2,(H,17,18). The van der Waals surface area contributed by atoms with Gasteiger partial charge in [0.1, 0.15) is 5.65 Å². The van der Waals surface area contributed by atoms with Crippen molar-refractivity contribution in [2.24, 2.45) is 0 Å². The Morgan fingerprint density at radius 3 is 2.90 bits per heavy atom. The summed E-state index contributed by atoms with van der Waals surface area (Å²) in [6.45, 7) is 1.32.